The van der Waals surface area contributed by atoms with Gasteiger partial charge in [-0.2, -0.15) is 0 Å². The maximum atomic E-state index is 13.0. The molecule has 124 valence electrons. The van der Waals surface area contributed by atoms with Crippen molar-refractivity contribution < 1.29 is 14.6 Å². The summed E-state index contributed by atoms with van der Waals surface area (Å²) in [6.07, 6.45) is 3.33. The molecule has 1 fully saturated rings. The summed E-state index contributed by atoms with van der Waals surface area (Å²) in [6.45, 7) is 0. The van der Waals surface area contributed by atoms with E-state index < -0.39 is 5.41 Å². The third-order valence-corrected chi connectivity index (χ3v) is 5.36. The van der Waals surface area contributed by atoms with Gasteiger partial charge in [0, 0.05) is 5.56 Å². The lowest BCUT2D eigenvalue weighted by Crippen LogP contribution is -2.36. The Bertz CT molecular complexity index is 795. The molecule has 0 bridgehead atoms. The van der Waals surface area contributed by atoms with Crippen LogP contribution in [0.4, 0.5) is 0 Å². The second kappa shape index (κ2) is 5.55. The molecule has 4 nitrogen and oxygen atoms in total. The molecule has 2 N–H and O–H groups in total. The van der Waals surface area contributed by atoms with Gasteiger partial charge >= 0.3 is 0 Å². The number of aromatic hydroxyl groups is 1. The molecule has 2 aliphatic rings. The van der Waals surface area contributed by atoms with E-state index in [0.29, 0.717) is 5.75 Å². The van der Waals surface area contributed by atoms with E-state index in [1.165, 1.54) is 0 Å². The van der Waals surface area contributed by atoms with Crippen molar-refractivity contribution in [3.05, 3.63) is 59.2 Å². The zero-order valence-corrected chi connectivity index (χ0v) is 13.7. The first-order valence-corrected chi connectivity index (χ1v) is 8.41. The first-order valence-electron chi connectivity index (χ1n) is 8.41. The summed E-state index contributed by atoms with van der Waals surface area (Å²) >= 11 is 0. The zero-order valence-electron chi connectivity index (χ0n) is 13.7. The second-order valence-electron chi connectivity index (χ2n) is 6.69. The molecule has 0 aromatic heterocycles. The summed E-state index contributed by atoms with van der Waals surface area (Å²) in [5.74, 6) is 1.16. The Hall–Kier alpha value is -2.49. The van der Waals surface area contributed by atoms with E-state index in [2.05, 4.69) is 5.32 Å². The number of nitrogens with one attached hydrogen (secondary N) is 1. The molecule has 0 spiro atoms. The van der Waals surface area contributed by atoms with Crippen molar-refractivity contribution >= 4 is 5.91 Å². The number of carbonyl (C=O) groups excluding carboxylic acids is 1. The van der Waals surface area contributed by atoms with Crippen LogP contribution in [0.25, 0.3) is 0 Å². The Morgan fingerprint density at radius 2 is 2.00 bits per heavy atom. The van der Waals surface area contributed by atoms with Gasteiger partial charge in [-0.05, 0) is 48.9 Å². The fourth-order valence-corrected chi connectivity index (χ4v) is 3.87. The fraction of sp³-hybridized carbons (Fsp3) is 0.350. The lowest BCUT2D eigenvalue weighted by Gasteiger charge is -2.22. The summed E-state index contributed by atoms with van der Waals surface area (Å²) in [6, 6.07) is 13.3. The number of para-hydroxylation sites is 1. The molecule has 1 saturated carbocycles. The van der Waals surface area contributed by atoms with Crippen LogP contribution < -0.4 is 10.1 Å². The van der Waals surface area contributed by atoms with Gasteiger partial charge in [-0.15, -0.1) is 0 Å². The Balaban J connectivity index is 1.59. The normalized spacial score (nSPS) is 20.3. The smallest absolute Gasteiger partial charge is 0.231 e. The largest absolute Gasteiger partial charge is 0.508 e. The van der Waals surface area contributed by atoms with Crippen molar-refractivity contribution in [3.8, 4) is 11.5 Å². The highest BCUT2D eigenvalue weighted by molar-refractivity contribution is 5.92. The maximum absolute atomic E-state index is 13.0. The predicted molar refractivity (Wildman–Crippen MR) is 91.2 cm³/mol. The minimum absolute atomic E-state index is 0.0215. The molecule has 4 rings (SSSR count). The SMILES string of the molecule is COc1ccccc1C1(C(=O)NC2CCc3c(O)cccc32)CC1. The number of hydrogen-bond acceptors (Lipinski definition) is 3. The van der Waals surface area contributed by atoms with Gasteiger partial charge in [0.2, 0.25) is 5.91 Å². The number of methoxy groups -OCH3 is 1. The molecule has 24 heavy (non-hydrogen) atoms. The van der Waals surface area contributed by atoms with Crippen LogP contribution >= 0.6 is 0 Å². The van der Waals surface area contributed by atoms with E-state index in [-0.39, 0.29) is 11.9 Å². The molecule has 4 heteroatoms. The topological polar surface area (TPSA) is 58.6 Å². The molecule has 1 atom stereocenters. The summed E-state index contributed by atoms with van der Waals surface area (Å²) < 4.78 is 5.45. The van der Waals surface area contributed by atoms with E-state index in [9.17, 15) is 9.90 Å². The Kier molecular flexibility index (Phi) is 3.48. The molecule has 1 unspecified atom stereocenters. The van der Waals surface area contributed by atoms with Crippen LogP contribution in [-0.2, 0) is 16.6 Å². The average molecular weight is 323 g/mol. The molecule has 2 aromatic carbocycles. The highest BCUT2D eigenvalue weighted by Gasteiger charge is 2.53. The van der Waals surface area contributed by atoms with Gasteiger partial charge < -0.3 is 15.2 Å². The number of fused-ring (bicyclic) bond motifs is 1. The quantitative estimate of drug-likeness (QED) is 0.908. The highest BCUT2D eigenvalue weighted by Crippen LogP contribution is 2.52. The van der Waals surface area contributed by atoms with Gasteiger partial charge in [0.05, 0.1) is 18.6 Å². The average Bonchev–Trinajstić information content (AvgIpc) is 3.32. The number of amides is 1. The second-order valence-corrected chi connectivity index (χ2v) is 6.69. The third-order valence-electron chi connectivity index (χ3n) is 5.36. The van der Waals surface area contributed by atoms with Gasteiger partial charge in [0.1, 0.15) is 11.5 Å². The van der Waals surface area contributed by atoms with Gasteiger partial charge in [-0.25, -0.2) is 0 Å². The van der Waals surface area contributed by atoms with Gasteiger partial charge in [-0.1, -0.05) is 30.3 Å². The lowest BCUT2D eigenvalue weighted by atomic mass is 9.93. The molecule has 0 saturated heterocycles. The van der Waals surface area contributed by atoms with Crippen molar-refractivity contribution in [3.63, 3.8) is 0 Å². The van der Waals surface area contributed by atoms with Crippen LogP contribution in [0, 0.1) is 0 Å². The molecular formula is C20H21NO3. The van der Waals surface area contributed by atoms with Crippen LogP contribution in [0.1, 0.15) is 42.0 Å². The van der Waals surface area contributed by atoms with Gasteiger partial charge in [-0.3, -0.25) is 4.79 Å². The van der Waals surface area contributed by atoms with E-state index in [1.807, 2.05) is 36.4 Å². The first-order chi connectivity index (χ1) is 11.7. The molecular weight excluding hydrogens is 302 g/mol. The number of phenols is 1. The number of phenolic OH excluding ortho intramolecular Hbond substituents is 1. The van der Waals surface area contributed by atoms with Crippen molar-refractivity contribution in [1.29, 1.82) is 0 Å². The Labute approximate surface area is 141 Å². The third kappa shape index (κ3) is 2.25. The number of carbonyl (C=O) groups is 1. The standard InChI is InChI=1S/C20H21NO3/c1-24-18-8-3-2-6-15(18)20(11-12-20)19(23)21-16-10-9-14-13(16)5-4-7-17(14)22/h2-8,16,22H,9-12H2,1H3,(H,21,23). The summed E-state index contributed by atoms with van der Waals surface area (Å²) in [5.41, 5.74) is 2.51. The first kappa shape index (κ1) is 15.1. The Morgan fingerprint density at radius 3 is 2.75 bits per heavy atom. The van der Waals surface area contributed by atoms with Crippen LogP contribution in [0.15, 0.2) is 42.5 Å². The molecule has 0 heterocycles. The maximum Gasteiger partial charge on any atom is 0.231 e. The van der Waals surface area contributed by atoms with Crippen LogP contribution in [0.5, 0.6) is 11.5 Å². The van der Waals surface area contributed by atoms with E-state index in [0.717, 1.165) is 48.1 Å². The predicted octanol–water partition coefficient (Wildman–Crippen LogP) is 3.24. The van der Waals surface area contributed by atoms with Crippen molar-refractivity contribution in [2.45, 2.75) is 37.1 Å². The van der Waals surface area contributed by atoms with Crippen LogP contribution in [0.3, 0.4) is 0 Å². The monoisotopic (exact) mass is 323 g/mol. The number of benzene rings is 2. The number of ether oxygens (including phenoxy) is 1. The van der Waals surface area contributed by atoms with Gasteiger partial charge in [0.15, 0.2) is 0 Å². The van der Waals surface area contributed by atoms with Crippen molar-refractivity contribution in [2.24, 2.45) is 0 Å². The van der Waals surface area contributed by atoms with Crippen molar-refractivity contribution in [1.82, 2.24) is 5.32 Å². The van der Waals surface area contributed by atoms with Crippen LogP contribution in [-0.4, -0.2) is 18.1 Å². The number of hydrogen-bond donors (Lipinski definition) is 2. The fourth-order valence-electron chi connectivity index (χ4n) is 3.87. The molecule has 0 radical (unpaired) electrons. The minimum atomic E-state index is -0.466. The van der Waals surface area contributed by atoms with E-state index in [4.69, 9.17) is 4.74 Å². The summed E-state index contributed by atoms with van der Waals surface area (Å²) in [7, 11) is 1.64. The van der Waals surface area contributed by atoms with E-state index >= 15 is 0 Å². The van der Waals surface area contributed by atoms with Gasteiger partial charge in [0.25, 0.3) is 0 Å². The van der Waals surface area contributed by atoms with Crippen molar-refractivity contribution in [2.75, 3.05) is 7.11 Å². The minimum Gasteiger partial charge on any atom is -0.508 e. The molecule has 1 amide bonds. The molecule has 2 aromatic rings. The zero-order chi connectivity index (χ0) is 16.7. The van der Waals surface area contributed by atoms with Crippen LogP contribution in [0.2, 0.25) is 0 Å². The van der Waals surface area contributed by atoms with E-state index in [1.54, 1.807) is 13.2 Å². The lowest BCUT2D eigenvalue weighted by molar-refractivity contribution is -0.124. The summed E-state index contributed by atoms with van der Waals surface area (Å²) in [4.78, 5) is 13.0. The summed E-state index contributed by atoms with van der Waals surface area (Å²) in [5, 5.41) is 13.2. The molecule has 2 aliphatic carbocycles. The Morgan fingerprint density at radius 1 is 1.21 bits per heavy atom. The molecule has 0 aliphatic heterocycles. The number of rotatable bonds is 4. The highest BCUT2D eigenvalue weighted by atomic mass is 16.5.